The van der Waals surface area contributed by atoms with Crippen LogP contribution < -0.4 is 17.0 Å². The maximum atomic E-state index is 10.6. The molecule has 0 saturated carbocycles. The van der Waals surface area contributed by atoms with Gasteiger partial charge >= 0.3 is 0 Å². The van der Waals surface area contributed by atoms with Gasteiger partial charge in [-0.25, -0.2) is 10.8 Å². The first kappa shape index (κ1) is 11.4. The Kier molecular flexibility index (Phi) is 4.02. The average Bonchev–Trinajstić information content (AvgIpc) is 2.17. The number of carbonyl (C=O) groups excluding carboxylic acids is 1. The van der Waals surface area contributed by atoms with E-state index in [4.69, 9.17) is 11.6 Å². The molecule has 0 fully saturated rings. The second kappa shape index (κ2) is 5.28. The lowest BCUT2D eigenvalue weighted by molar-refractivity contribution is -0.118. The van der Waals surface area contributed by atoms with Crippen LogP contribution in [0.5, 0.6) is 0 Å². The van der Waals surface area contributed by atoms with E-state index in [0.29, 0.717) is 12.4 Å². The van der Waals surface area contributed by atoms with E-state index in [9.17, 15) is 4.79 Å². The number of nitrogen functional groups attached to an aromatic ring is 1. The number of pyridine rings is 1. The summed E-state index contributed by atoms with van der Waals surface area (Å²) in [7, 11) is 1.82. The first-order valence-corrected chi connectivity index (χ1v) is 4.50. The molecule has 0 aliphatic carbocycles. The highest BCUT2D eigenvalue weighted by Crippen LogP contribution is 2.05. The van der Waals surface area contributed by atoms with Crippen LogP contribution in [0, 0.1) is 0 Å². The van der Waals surface area contributed by atoms with Crippen molar-refractivity contribution in [1.29, 1.82) is 0 Å². The van der Waals surface area contributed by atoms with E-state index in [-0.39, 0.29) is 12.5 Å². The number of anilines is 1. The van der Waals surface area contributed by atoms with Crippen LogP contribution in [0.2, 0.25) is 0 Å². The number of hydrazine groups is 1. The third kappa shape index (κ3) is 3.92. The second-order valence-corrected chi connectivity index (χ2v) is 3.33. The first-order chi connectivity index (χ1) is 7.11. The number of nitrogens with one attached hydrogen (secondary N) is 1. The van der Waals surface area contributed by atoms with Crippen LogP contribution in [0.25, 0.3) is 0 Å². The van der Waals surface area contributed by atoms with Gasteiger partial charge in [0.2, 0.25) is 5.91 Å². The third-order valence-corrected chi connectivity index (χ3v) is 1.85. The predicted octanol–water partition coefficient (Wildman–Crippen LogP) is -0.716. The average molecular weight is 209 g/mol. The van der Waals surface area contributed by atoms with Crippen LogP contribution in [0.15, 0.2) is 18.3 Å². The minimum atomic E-state index is -0.342. The Bertz CT molecular complexity index is 324. The minimum absolute atomic E-state index is 0.233. The van der Waals surface area contributed by atoms with Gasteiger partial charge in [-0.2, -0.15) is 0 Å². The molecule has 0 aliphatic heterocycles. The molecule has 1 rings (SSSR count). The van der Waals surface area contributed by atoms with Crippen LogP contribution >= 0.6 is 0 Å². The van der Waals surface area contributed by atoms with Crippen molar-refractivity contribution < 1.29 is 4.79 Å². The molecular formula is C9H15N5O. The molecule has 1 amide bonds. The van der Waals surface area contributed by atoms with Gasteiger partial charge in [-0.3, -0.25) is 9.69 Å². The lowest BCUT2D eigenvalue weighted by Crippen LogP contribution is -2.30. The molecule has 0 atom stereocenters. The van der Waals surface area contributed by atoms with Gasteiger partial charge in [-0.15, -0.1) is 0 Å². The predicted molar refractivity (Wildman–Crippen MR) is 57.6 cm³/mol. The quantitative estimate of drug-likeness (QED) is 0.439. The summed E-state index contributed by atoms with van der Waals surface area (Å²) in [5.74, 6) is 5.45. The summed E-state index contributed by atoms with van der Waals surface area (Å²) >= 11 is 0. The molecule has 15 heavy (non-hydrogen) atoms. The van der Waals surface area contributed by atoms with Gasteiger partial charge in [0.05, 0.1) is 6.54 Å². The lowest BCUT2D eigenvalue weighted by Gasteiger charge is -2.14. The van der Waals surface area contributed by atoms with E-state index in [1.807, 2.05) is 18.0 Å². The van der Waals surface area contributed by atoms with E-state index in [1.165, 1.54) is 0 Å². The summed E-state index contributed by atoms with van der Waals surface area (Å²) in [6.45, 7) is 0.859. The molecule has 0 saturated heterocycles. The van der Waals surface area contributed by atoms with Crippen LogP contribution in [-0.2, 0) is 11.3 Å². The highest BCUT2D eigenvalue weighted by Gasteiger charge is 2.03. The van der Waals surface area contributed by atoms with Gasteiger partial charge in [0, 0.05) is 12.7 Å². The van der Waals surface area contributed by atoms with E-state index < -0.39 is 0 Å². The van der Waals surface area contributed by atoms with E-state index in [1.54, 1.807) is 12.3 Å². The molecule has 82 valence electrons. The van der Waals surface area contributed by atoms with Crippen molar-refractivity contribution in [3.8, 4) is 0 Å². The zero-order chi connectivity index (χ0) is 11.3. The fourth-order valence-corrected chi connectivity index (χ4v) is 1.24. The van der Waals surface area contributed by atoms with Crippen LogP contribution in [-0.4, -0.2) is 29.4 Å². The molecule has 1 heterocycles. The summed E-state index contributed by atoms with van der Waals surface area (Å²) in [6.07, 6.45) is 1.70. The Morgan fingerprint density at radius 1 is 1.60 bits per heavy atom. The van der Waals surface area contributed by atoms with Crippen molar-refractivity contribution in [2.45, 2.75) is 6.54 Å². The molecule has 0 radical (unpaired) electrons. The van der Waals surface area contributed by atoms with Gasteiger partial charge in [0.25, 0.3) is 0 Å². The summed E-state index contributed by atoms with van der Waals surface area (Å²) in [4.78, 5) is 16.5. The zero-order valence-electron chi connectivity index (χ0n) is 8.60. The van der Waals surface area contributed by atoms with Gasteiger partial charge in [-0.05, 0) is 18.7 Å². The number of likely N-dealkylation sites (N-methyl/N-ethyl adjacent to an activating group) is 1. The zero-order valence-corrected chi connectivity index (χ0v) is 8.60. The fourth-order valence-electron chi connectivity index (χ4n) is 1.24. The second-order valence-electron chi connectivity index (χ2n) is 3.33. The molecule has 0 spiro atoms. The van der Waals surface area contributed by atoms with E-state index in [0.717, 1.165) is 5.56 Å². The van der Waals surface area contributed by atoms with Crippen molar-refractivity contribution in [3.05, 3.63) is 23.9 Å². The number of aromatic nitrogens is 1. The van der Waals surface area contributed by atoms with Gasteiger partial charge < -0.3 is 11.2 Å². The molecule has 6 heteroatoms. The SMILES string of the molecule is CN(CC(N)=O)Cc1ccc(NN)nc1. The molecule has 0 aromatic carbocycles. The molecule has 1 aromatic rings. The topological polar surface area (TPSA) is 97.3 Å². The molecule has 0 unspecified atom stereocenters. The number of primary amides is 1. The first-order valence-electron chi connectivity index (χ1n) is 4.50. The van der Waals surface area contributed by atoms with Crippen molar-refractivity contribution in [1.82, 2.24) is 9.88 Å². The maximum Gasteiger partial charge on any atom is 0.231 e. The third-order valence-electron chi connectivity index (χ3n) is 1.85. The number of amides is 1. The highest BCUT2D eigenvalue weighted by molar-refractivity contribution is 5.75. The van der Waals surface area contributed by atoms with Crippen LogP contribution in [0.1, 0.15) is 5.56 Å². The molecule has 5 N–H and O–H groups in total. The minimum Gasteiger partial charge on any atom is -0.369 e. The van der Waals surface area contributed by atoms with Gasteiger partial charge in [0.1, 0.15) is 5.82 Å². The Labute approximate surface area is 88.2 Å². The number of nitrogens with two attached hydrogens (primary N) is 2. The van der Waals surface area contributed by atoms with E-state index >= 15 is 0 Å². The van der Waals surface area contributed by atoms with Gasteiger partial charge in [-0.1, -0.05) is 6.07 Å². The monoisotopic (exact) mass is 209 g/mol. The van der Waals surface area contributed by atoms with Crippen molar-refractivity contribution in [2.24, 2.45) is 11.6 Å². The summed E-state index contributed by atoms with van der Waals surface area (Å²) < 4.78 is 0. The summed E-state index contributed by atoms with van der Waals surface area (Å²) in [5.41, 5.74) is 8.51. The number of rotatable bonds is 5. The number of hydrogen-bond acceptors (Lipinski definition) is 5. The number of hydrogen-bond donors (Lipinski definition) is 3. The Hall–Kier alpha value is -1.66. The summed E-state index contributed by atoms with van der Waals surface area (Å²) in [5, 5.41) is 0. The summed E-state index contributed by atoms with van der Waals surface area (Å²) in [6, 6.07) is 3.66. The number of nitrogens with zero attached hydrogens (tertiary/aromatic N) is 2. The normalized spacial score (nSPS) is 10.3. The number of carbonyl (C=O) groups is 1. The molecule has 1 aromatic heterocycles. The molecular weight excluding hydrogens is 194 g/mol. The van der Waals surface area contributed by atoms with E-state index in [2.05, 4.69) is 10.4 Å². The smallest absolute Gasteiger partial charge is 0.231 e. The van der Waals surface area contributed by atoms with Crippen molar-refractivity contribution in [3.63, 3.8) is 0 Å². The van der Waals surface area contributed by atoms with Crippen molar-refractivity contribution >= 4 is 11.7 Å². The lowest BCUT2D eigenvalue weighted by atomic mass is 10.2. The Morgan fingerprint density at radius 2 is 2.33 bits per heavy atom. The highest BCUT2D eigenvalue weighted by atomic mass is 16.1. The standard InChI is InChI=1S/C9H15N5O/c1-14(6-8(10)15)5-7-2-3-9(13-11)12-4-7/h2-4H,5-6,11H2,1H3,(H2,10,15)(H,12,13). The van der Waals surface area contributed by atoms with Crippen molar-refractivity contribution in [2.75, 3.05) is 19.0 Å². The molecule has 0 aliphatic rings. The molecule has 6 nitrogen and oxygen atoms in total. The largest absolute Gasteiger partial charge is 0.369 e. The Morgan fingerprint density at radius 3 is 2.80 bits per heavy atom. The Balaban J connectivity index is 2.53. The van der Waals surface area contributed by atoms with Crippen LogP contribution in [0.3, 0.4) is 0 Å². The van der Waals surface area contributed by atoms with Crippen LogP contribution in [0.4, 0.5) is 5.82 Å². The fraction of sp³-hybridized carbons (Fsp3) is 0.333. The maximum absolute atomic E-state index is 10.6. The van der Waals surface area contributed by atoms with Gasteiger partial charge in [0.15, 0.2) is 0 Å². The molecule has 0 bridgehead atoms.